The number of nitrogens with one attached hydrogen (secondary N) is 2. The van der Waals surface area contributed by atoms with Gasteiger partial charge in [-0.2, -0.15) is 13.2 Å². The molecule has 3 aromatic rings. The molecular formula is C21H19F3N6O2S. The maximum atomic E-state index is 13.2. The van der Waals surface area contributed by atoms with E-state index in [4.69, 9.17) is 0 Å². The van der Waals surface area contributed by atoms with Crippen LogP contribution in [0, 0.1) is 0 Å². The molecule has 33 heavy (non-hydrogen) atoms. The predicted molar refractivity (Wildman–Crippen MR) is 115 cm³/mol. The zero-order valence-corrected chi connectivity index (χ0v) is 18.0. The van der Waals surface area contributed by atoms with Gasteiger partial charge in [-0.15, -0.1) is 10.2 Å². The Balaban J connectivity index is 1.51. The highest BCUT2D eigenvalue weighted by atomic mass is 32.1. The number of pyridine rings is 1. The molecule has 0 spiro atoms. The Kier molecular flexibility index (Phi) is 6.54. The third-order valence-corrected chi connectivity index (χ3v) is 5.89. The Morgan fingerprint density at radius 3 is 2.73 bits per heavy atom. The number of hydrogen-bond acceptors (Lipinski definition) is 6. The van der Waals surface area contributed by atoms with Crippen molar-refractivity contribution in [2.45, 2.75) is 25.1 Å². The number of anilines is 1. The Morgan fingerprint density at radius 2 is 2.03 bits per heavy atom. The summed E-state index contributed by atoms with van der Waals surface area (Å²) < 4.78 is 39.6. The summed E-state index contributed by atoms with van der Waals surface area (Å²) >= 11 is 1.11. The summed E-state index contributed by atoms with van der Waals surface area (Å²) in [5.41, 5.74) is 0.00745. The molecule has 1 fully saturated rings. The van der Waals surface area contributed by atoms with Gasteiger partial charge in [-0.1, -0.05) is 29.5 Å². The van der Waals surface area contributed by atoms with Crippen LogP contribution in [0.1, 0.15) is 30.0 Å². The SMILES string of the molecule is O=C(Nc1nnc(-c2ccccn2)s1)NC(CN1CCCC1=O)c1cccc(C(F)(F)F)c1. The normalized spacial score (nSPS) is 14.9. The molecule has 172 valence electrons. The van der Waals surface area contributed by atoms with Gasteiger partial charge in [0.2, 0.25) is 11.0 Å². The summed E-state index contributed by atoms with van der Waals surface area (Å²) in [6.45, 7) is 0.546. The Hall–Kier alpha value is -3.54. The minimum absolute atomic E-state index is 0.0584. The van der Waals surface area contributed by atoms with Crippen LogP contribution in [-0.2, 0) is 11.0 Å². The smallest absolute Gasteiger partial charge is 0.340 e. The average Bonchev–Trinajstić information content (AvgIpc) is 3.42. The van der Waals surface area contributed by atoms with E-state index in [-0.39, 0.29) is 23.1 Å². The van der Waals surface area contributed by atoms with Gasteiger partial charge in [-0.3, -0.25) is 15.1 Å². The highest BCUT2D eigenvalue weighted by Gasteiger charge is 2.32. The minimum Gasteiger partial charge on any atom is -0.340 e. The van der Waals surface area contributed by atoms with E-state index in [1.807, 2.05) is 0 Å². The van der Waals surface area contributed by atoms with Crippen LogP contribution in [0.25, 0.3) is 10.7 Å². The first-order valence-electron chi connectivity index (χ1n) is 10.1. The zero-order chi connectivity index (χ0) is 23.4. The van der Waals surface area contributed by atoms with Gasteiger partial charge in [-0.05, 0) is 36.2 Å². The maximum Gasteiger partial charge on any atom is 0.416 e. The van der Waals surface area contributed by atoms with Crippen molar-refractivity contribution in [1.29, 1.82) is 0 Å². The number of alkyl halides is 3. The highest BCUT2D eigenvalue weighted by molar-refractivity contribution is 7.18. The molecule has 0 bridgehead atoms. The zero-order valence-electron chi connectivity index (χ0n) is 17.2. The monoisotopic (exact) mass is 476 g/mol. The first kappa shape index (κ1) is 22.6. The van der Waals surface area contributed by atoms with Gasteiger partial charge in [0.25, 0.3) is 0 Å². The number of urea groups is 1. The van der Waals surface area contributed by atoms with E-state index >= 15 is 0 Å². The van der Waals surface area contributed by atoms with Crippen LogP contribution in [0.15, 0.2) is 48.7 Å². The molecule has 0 saturated carbocycles. The molecule has 1 aromatic carbocycles. The van der Waals surface area contributed by atoms with E-state index in [1.165, 1.54) is 17.0 Å². The molecule has 1 unspecified atom stereocenters. The molecule has 3 amide bonds. The van der Waals surface area contributed by atoms with Crippen molar-refractivity contribution in [1.82, 2.24) is 25.4 Å². The number of hydrogen-bond donors (Lipinski definition) is 2. The molecule has 3 heterocycles. The summed E-state index contributed by atoms with van der Waals surface area (Å²) in [4.78, 5) is 30.4. The second-order valence-corrected chi connectivity index (χ2v) is 8.32. The van der Waals surface area contributed by atoms with Crippen LogP contribution >= 0.6 is 11.3 Å². The minimum atomic E-state index is -4.53. The van der Waals surface area contributed by atoms with E-state index in [0.29, 0.717) is 30.1 Å². The van der Waals surface area contributed by atoms with Gasteiger partial charge in [0.05, 0.1) is 11.6 Å². The van der Waals surface area contributed by atoms with Crippen molar-refractivity contribution in [3.05, 3.63) is 59.8 Å². The van der Waals surface area contributed by atoms with Crippen molar-refractivity contribution in [3.8, 4) is 10.7 Å². The Bertz CT molecular complexity index is 1140. The van der Waals surface area contributed by atoms with E-state index < -0.39 is 23.8 Å². The molecule has 1 saturated heterocycles. The number of benzene rings is 1. The lowest BCUT2D eigenvalue weighted by Crippen LogP contribution is -2.40. The van der Waals surface area contributed by atoms with E-state index in [9.17, 15) is 22.8 Å². The fourth-order valence-corrected chi connectivity index (χ4v) is 4.16. The highest BCUT2D eigenvalue weighted by Crippen LogP contribution is 2.31. The van der Waals surface area contributed by atoms with Crippen LogP contribution in [0.3, 0.4) is 0 Å². The molecule has 1 aliphatic rings. The first-order valence-corrected chi connectivity index (χ1v) is 10.9. The van der Waals surface area contributed by atoms with Crippen LogP contribution < -0.4 is 10.6 Å². The summed E-state index contributed by atoms with van der Waals surface area (Å²) in [6, 6.07) is 8.49. The van der Waals surface area contributed by atoms with Crippen molar-refractivity contribution >= 4 is 28.4 Å². The molecule has 0 aliphatic carbocycles. The molecule has 2 N–H and O–H groups in total. The maximum absolute atomic E-state index is 13.2. The fourth-order valence-electron chi connectivity index (χ4n) is 3.44. The van der Waals surface area contributed by atoms with Crippen molar-refractivity contribution in [2.75, 3.05) is 18.4 Å². The lowest BCUT2D eigenvalue weighted by atomic mass is 10.0. The largest absolute Gasteiger partial charge is 0.416 e. The number of carbonyl (C=O) groups is 2. The number of amides is 3. The standard InChI is InChI=1S/C21H19F3N6O2S/c22-21(23,24)14-6-3-5-13(11-14)16(12-30-10-4-8-17(30)31)26-19(32)27-20-29-28-18(33-20)15-7-1-2-9-25-15/h1-3,5-7,9,11,16H,4,8,10,12H2,(H2,26,27,29,32). The van der Waals surface area contributed by atoms with Crippen LogP contribution in [0.4, 0.5) is 23.1 Å². The second kappa shape index (κ2) is 9.53. The summed E-state index contributed by atoms with van der Waals surface area (Å²) in [5.74, 6) is -0.0988. The summed E-state index contributed by atoms with van der Waals surface area (Å²) in [6.07, 6.45) is -1.87. The van der Waals surface area contributed by atoms with Gasteiger partial charge >= 0.3 is 12.2 Å². The number of likely N-dealkylation sites (tertiary alicyclic amines) is 1. The third-order valence-electron chi connectivity index (χ3n) is 5.03. The molecule has 8 nitrogen and oxygen atoms in total. The lowest BCUT2D eigenvalue weighted by molar-refractivity contribution is -0.137. The second-order valence-electron chi connectivity index (χ2n) is 7.34. The number of carbonyl (C=O) groups excluding carboxylic acids is 2. The summed E-state index contributed by atoms with van der Waals surface area (Å²) in [7, 11) is 0. The van der Waals surface area contributed by atoms with Gasteiger partial charge in [0.15, 0.2) is 5.01 Å². The molecule has 0 radical (unpaired) electrons. The third kappa shape index (κ3) is 5.64. The number of halogens is 3. The molecule has 1 atom stereocenters. The predicted octanol–water partition coefficient (Wildman–Crippen LogP) is 4.10. The number of aromatic nitrogens is 3. The number of nitrogens with zero attached hydrogens (tertiary/aromatic N) is 4. The summed E-state index contributed by atoms with van der Waals surface area (Å²) in [5, 5.41) is 13.8. The van der Waals surface area contributed by atoms with Gasteiger partial charge in [0, 0.05) is 25.7 Å². The average molecular weight is 476 g/mol. The van der Waals surface area contributed by atoms with Crippen LogP contribution in [0.5, 0.6) is 0 Å². The van der Waals surface area contributed by atoms with Gasteiger partial charge in [-0.25, -0.2) is 4.79 Å². The van der Waals surface area contributed by atoms with Crippen LogP contribution in [-0.4, -0.2) is 45.1 Å². The molecule has 4 rings (SSSR count). The molecule has 2 aromatic heterocycles. The molecule has 12 heteroatoms. The topological polar surface area (TPSA) is 100 Å². The first-order chi connectivity index (χ1) is 15.8. The number of rotatable bonds is 6. The molecular weight excluding hydrogens is 457 g/mol. The van der Waals surface area contributed by atoms with E-state index in [1.54, 1.807) is 24.4 Å². The van der Waals surface area contributed by atoms with Crippen molar-refractivity contribution in [3.63, 3.8) is 0 Å². The van der Waals surface area contributed by atoms with Crippen molar-refractivity contribution in [2.24, 2.45) is 0 Å². The molecule has 1 aliphatic heterocycles. The van der Waals surface area contributed by atoms with Gasteiger partial charge < -0.3 is 10.2 Å². The Morgan fingerprint density at radius 1 is 1.18 bits per heavy atom. The van der Waals surface area contributed by atoms with Gasteiger partial charge in [0.1, 0.15) is 5.69 Å². The Labute approximate surface area is 190 Å². The van der Waals surface area contributed by atoms with Crippen LogP contribution in [0.2, 0.25) is 0 Å². The van der Waals surface area contributed by atoms with E-state index in [0.717, 1.165) is 23.5 Å². The quantitative estimate of drug-likeness (QED) is 0.558. The van der Waals surface area contributed by atoms with E-state index in [2.05, 4.69) is 25.8 Å². The fraction of sp³-hybridized carbons (Fsp3) is 0.286. The van der Waals surface area contributed by atoms with Crippen molar-refractivity contribution < 1.29 is 22.8 Å². The lowest BCUT2D eigenvalue weighted by Gasteiger charge is -2.25.